The number of aryl methyl sites for hydroxylation is 1. The molecule has 2 aromatic carbocycles. The van der Waals surface area contributed by atoms with Crippen LogP contribution in [-0.2, 0) is 0 Å². The first-order chi connectivity index (χ1) is 16.4. The van der Waals surface area contributed by atoms with Crippen molar-refractivity contribution in [2.75, 3.05) is 6.54 Å². The number of carbonyl (C=O) groups excluding carboxylic acids is 1. The molecule has 3 N–H and O–H groups in total. The molecule has 1 aliphatic rings. The van der Waals surface area contributed by atoms with Crippen molar-refractivity contribution >= 4 is 34.8 Å². The molecule has 8 heteroatoms. The summed E-state index contributed by atoms with van der Waals surface area (Å²) in [5, 5.41) is 8.99. The zero-order valence-corrected chi connectivity index (χ0v) is 20.3. The molecule has 2 aromatic heterocycles. The summed E-state index contributed by atoms with van der Waals surface area (Å²) in [7, 11) is 0. The van der Waals surface area contributed by atoms with Gasteiger partial charge in [-0.25, -0.2) is 9.50 Å². The minimum atomic E-state index is -0.342. The monoisotopic (exact) mass is 493 g/mol. The van der Waals surface area contributed by atoms with Gasteiger partial charge in [0.05, 0.1) is 11.4 Å². The van der Waals surface area contributed by atoms with Gasteiger partial charge in [-0.1, -0.05) is 66.4 Å². The van der Waals surface area contributed by atoms with Gasteiger partial charge in [-0.15, -0.1) is 0 Å². The molecule has 174 valence electrons. The van der Waals surface area contributed by atoms with Crippen LogP contribution in [0.4, 0.5) is 0 Å². The third-order valence-corrected chi connectivity index (χ3v) is 7.11. The van der Waals surface area contributed by atoms with Crippen LogP contribution in [0.1, 0.15) is 41.7 Å². The molecule has 0 spiro atoms. The Morgan fingerprint density at radius 3 is 2.50 bits per heavy atom. The van der Waals surface area contributed by atoms with Crippen molar-refractivity contribution in [2.45, 2.75) is 38.1 Å². The van der Waals surface area contributed by atoms with Crippen molar-refractivity contribution in [1.82, 2.24) is 19.9 Å². The standard InChI is InChI=1S/C26H25Cl2N5O/c1-16-22(25(34)31-15-26(29)12-4-5-13-26)24-30-14-20(19-6-2-3-7-21(19)28)23(33(24)32-16)17-8-10-18(27)11-9-17/h2-3,6-11,14H,4-5,12-13,15,29H2,1H3,(H,31,34). The summed E-state index contributed by atoms with van der Waals surface area (Å²) in [5.41, 5.74) is 10.9. The van der Waals surface area contributed by atoms with Gasteiger partial charge >= 0.3 is 0 Å². The molecule has 0 bridgehead atoms. The largest absolute Gasteiger partial charge is 0.350 e. The molecular weight excluding hydrogens is 469 g/mol. The number of hydrogen-bond acceptors (Lipinski definition) is 4. The van der Waals surface area contributed by atoms with E-state index in [1.165, 1.54) is 0 Å². The highest BCUT2D eigenvalue weighted by Crippen LogP contribution is 2.37. The molecule has 5 rings (SSSR count). The summed E-state index contributed by atoms with van der Waals surface area (Å²) in [6, 6.07) is 15.1. The molecule has 1 aliphatic carbocycles. The van der Waals surface area contributed by atoms with Crippen LogP contribution in [0.15, 0.2) is 54.7 Å². The Balaban J connectivity index is 1.64. The van der Waals surface area contributed by atoms with Crippen molar-refractivity contribution in [1.29, 1.82) is 0 Å². The molecule has 1 fully saturated rings. The number of nitrogens with zero attached hydrogens (tertiary/aromatic N) is 3. The number of rotatable bonds is 5. The van der Waals surface area contributed by atoms with E-state index in [1.54, 1.807) is 10.7 Å². The van der Waals surface area contributed by atoms with Gasteiger partial charge in [-0.3, -0.25) is 4.79 Å². The Hall–Kier alpha value is -2.93. The van der Waals surface area contributed by atoms with Crippen molar-refractivity contribution in [3.63, 3.8) is 0 Å². The van der Waals surface area contributed by atoms with Crippen LogP contribution in [0.3, 0.4) is 0 Å². The lowest BCUT2D eigenvalue weighted by Gasteiger charge is -2.23. The normalized spacial score (nSPS) is 15.1. The van der Waals surface area contributed by atoms with Crippen molar-refractivity contribution in [3.05, 3.63) is 76.0 Å². The Morgan fingerprint density at radius 2 is 1.79 bits per heavy atom. The number of carbonyl (C=O) groups is 1. The molecule has 34 heavy (non-hydrogen) atoms. The second-order valence-corrected chi connectivity index (χ2v) is 9.80. The van der Waals surface area contributed by atoms with Crippen LogP contribution in [0.5, 0.6) is 0 Å². The molecule has 6 nitrogen and oxygen atoms in total. The van der Waals surface area contributed by atoms with E-state index in [2.05, 4.69) is 10.3 Å². The minimum absolute atomic E-state index is 0.218. The summed E-state index contributed by atoms with van der Waals surface area (Å²) in [5.74, 6) is -0.218. The lowest BCUT2D eigenvalue weighted by atomic mass is 9.99. The highest BCUT2D eigenvalue weighted by Gasteiger charge is 2.31. The Morgan fingerprint density at radius 1 is 1.09 bits per heavy atom. The van der Waals surface area contributed by atoms with Gasteiger partial charge in [0, 0.05) is 45.0 Å². The van der Waals surface area contributed by atoms with Crippen LogP contribution in [0.2, 0.25) is 10.0 Å². The summed E-state index contributed by atoms with van der Waals surface area (Å²) in [4.78, 5) is 17.9. The average Bonchev–Trinajstić information content (AvgIpc) is 3.41. The van der Waals surface area contributed by atoms with Crippen LogP contribution >= 0.6 is 23.2 Å². The topological polar surface area (TPSA) is 85.3 Å². The average molecular weight is 494 g/mol. The van der Waals surface area contributed by atoms with E-state index < -0.39 is 0 Å². The highest BCUT2D eigenvalue weighted by atomic mass is 35.5. The molecule has 1 saturated carbocycles. The Labute approximate surface area is 208 Å². The van der Waals surface area contributed by atoms with Gasteiger partial charge in [-0.05, 0) is 38.0 Å². The summed E-state index contributed by atoms with van der Waals surface area (Å²) in [6.45, 7) is 2.25. The van der Waals surface area contributed by atoms with Gasteiger partial charge in [0.1, 0.15) is 5.56 Å². The fourth-order valence-electron chi connectivity index (χ4n) is 4.72. The van der Waals surface area contributed by atoms with Gasteiger partial charge in [0.15, 0.2) is 5.65 Å². The van der Waals surface area contributed by atoms with E-state index in [1.807, 2.05) is 55.5 Å². The number of amides is 1. The maximum absolute atomic E-state index is 13.2. The van der Waals surface area contributed by atoms with E-state index in [-0.39, 0.29) is 11.4 Å². The summed E-state index contributed by atoms with van der Waals surface area (Å²) >= 11 is 12.7. The lowest BCUT2D eigenvalue weighted by Crippen LogP contribution is -2.48. The minimum Gasteiger partial charge on any atom is -0.350 e. The van der Waals surface area contributed by atoms with Crippen molar-refractivity contribution in [3.8, 4) is 22.4 Å². The molecule has 0 saturated heterocycles. The summed E-state index contributed by atoms with van der Waals surface area (Å²) < 4.78 is 1.72. The van der Waals surface area contributed by atoms with Crippen LogP contribution < -0.4 is 11.1 Å². The molecule has 0 radical (unpaired) electrons. The Bertz CT molecular complexity index is 1370. The van der Waals surface area contributed by atoms with Crippen LogP contribution in [-0.4, -0.2) is 32.6 Å². The highest BCUT2D eigenvalue weighted by molar-refractivity contribution is 6.33. The predicted molar refractivity (Wildman–Crippen MR) is 136 cm³/mol. The number of hydrogen-bond donors (Lipinski definition) is 2. The number of aromatic nitrogens is 3. The third-order valence-electron chi connectivity index (χ3n) is 6.53. The first-order valence-electron chi connectivity index (χ1n) is 11.3. The quantitative estimate of drug-likeness (QED) is 0.374. The van der Waals surface area contributed by atoms with Gasteiger partial charge in [0.25, 0.3) is 5.91 Å². The second kappa shape index (κ2) is 9.02. The van der Waals surface area contributed by atoms with Gasteiger partial charge in [-0.2, -0.15) is 5.10 Å². The first kappa shape index (κ1) is 22.8. The molecule has 0 unspecified atom stereocenters. The van der Waals surface area contributed by atoms with E-state index in [4.69, 9.17) is 34.0 Å². The van der Waals surface area contributed by atoms with Gasteiger partial charge < -0.3 is 11.1 Å². The second-order valence-electron chi connectivity index (χ2n) is 8.96. The van der Waals surface area contributed by atoms with E-state index in [0.717, 1.165) is 48.1 Å². The zero-order chi connectivity index (χ0) is 23.9. The van der Waals surface area contributed by atoms with E-state index >= 15 is 0 Å². The number of nitrogens with one attached hydrogen (secondary N) is 1. The molecule has 2 heterocycles. The third kappa shape index (κ3) is 4.17. The predicted octanol–water partition coefficient (Wildman–Crippen LogP) is 5.68. The van der Waals surface area contributed by atoms with E-state index in [0.29, 0.717) is 33.5 Å². The lowest BCUT2D eigenvalue weighted by molar-refractivity contribution is 0.0944. The van der Waals surface area contributed by atoms with Crippen molar-refractivity contribution < 1.29 is 4.79 Å². The number of halogens is 2. The number of fused-ring (bicyclic) bond motifs is 1. The van der Waals surface area contributed by atoms with Gasteiger partial charge in [0.2, 0.25) is 0 Å². The van der Waals surface area contributed by atoms with Crippen LogP contribution in [0.25, 0.3) is 28.0 Å². The Kier molecular flexibility index (Phi) is 6.06. The van der Waals surface area contributed by atoms with E-state index in [9.17, 15) is 4.79 Å². The summed E-state index contributed by atoms with van der Waals surface area (Å²) in [6.07, 6.45) is 5.78. The fourth-order valence-corrected chi connectivity index (χ4v) is 5.08. The molecule has 0 aliphatic heterocycles. The molecule has 4 aromatic rings. The SMILES string of the molecule is Cc1nn2c(-c3ccc(Cl)cc3)c(-c3ccccc3Cl)cnc2c1C(=O)NCC1(N)CCCC1. The molecular formula is C26H25Cl2N5O. The molecule has 1 amide bonds. The number of nitrogens with two attached hydrogens (primary N) is 1. The van der Waals surface area contributed by atoms with Crippen LogP contribution in [0, 0.1) is 6.92 Å². The first-order valence-corrected chi connectivity index (χ1v) is 12.1. The maximum atomic E-state index is 13.2. The maximum Gasteiger partial charge on any atom is 0.257 e. The molecule has 0 atom stereocenters. The zero-order valence-electron chi connectivity index (χ0n) is 18.8. The fraction of sp³-hybridized carbons (Fsp3) is 0.269. The van der Waals surface area contributed by atoms with Crippen molar-refractivity contribution in [2.24, 2.45) is 5.73 Å². The number of benzene rings is 2. The smallest absolute Gasteiger partial charge is 0.257 e.